The van der Waals surface area contributed by atoms with E-state index in [2.05, 4.69) is 47.1 Å². The van der Waals surface area contributed by atoms with Crippen molar-refractivity contribution in [1.29, 1.82) is 0 Å². The first-order valence-corrected chi connectivity index (χ1v) is 12.9. The molecular formula is C25H40N4S. The lowest BCUT2D eigenvalue weighted by Crippen LogP contribution is -2.50. The fraction of sp³-hybridized carbons (Fsp3) is 0.720. The number of thiazole rings is 1. The van der Waals surface area contributed by atoms with Gasteiger partial charge in [0.15, 0.2) is 5.13 Å². The maximum atomic E-state index is 4.52. The van der Waals surface area contributed by atoms with Crippen LogP contribution >= 0.6 is 11.3 Å². The van der Waals surface area contributed by atoms with Crippen LogP contribution in [0.15, 0.2) is 30.9 Å². The second kappa shape index (κ2) is 9.76. The molecule has 5 heteroatoms. The molecule has 30 heavy (non-hydrogen) atoms. The predicted molar refractivity (Wildman–Crippen MR) is 129 cm³/mol. The Hall–Kier alpha value is -1.49. The van der Waals surface area contributed by atoms with Gasteiger partial charge in [0.05, 0.1) is 0 Å². The van der Waals surface area contributed by atoms with Gasteiger partial charge in [-0.15, -0.1) is 11.3 Å². The first-order chi connectivity index (χ1) is 14.5. The molecule has 3 fully saturated rings. The average Bonchev–Trinajstić information content (AvgIpc) is 3.42. The number of anilines is 1. The fourth-order valence-corrected chi connectivity index (χ4v) is 6.49. The Balaban J connectivity index is 1.41. The molecule has 3 aliphatic rings. The van der Waals surface area contributed by atoms with Crippen LogP contribution in [0.25, 0.3) is 0 Å². The lowest BCUT2D eigenvalue weighted by molar-refractivity contribution is 0.0879. The second-order valence-electron chi connectivity index (χ2n) is 9.86. The molecule has 1 N–H and O–H groups in total. The summed E-state index contributed by atoms with van der Waals surface area (Å²) in [7, 11) is 0. The molecule has 1 aromatic rings. The van der Waals surface area contributed by atoms with Crippen LogP contribution in [0, 0.1) is 18.8 Å². The van der Waals surface area contributed by atoms with Gasteiger partial charge in [-0.3, -0.25) is 0 Å². The van der Waals surface area contributed by atoms with Gasteiger partial charge in [0.2, 0.25) is 0 Å². The number of nitrogens with one attached hydrogen (secondary N) is 1. The molecule has 0 amide bonds. The molecule has 1 saturated heterocycles. The minimum atomic E-state index is 0.567. The third-order valence-corrected chi connectivity index (χ3v) is 8.48. The van der Waals surface area contributed by atoms with E-state index in [1.165, 1.54) is 74.8 Å². The van der Waals surface area contributed by atoms with Crippen molar-refractivity contribution in [1.82, 2.24) is 14.8 Å². The van der Waals surface area contributed by atoms with Crippen LogP contribution in [0.5, 0.6) is 0 Å². The van der Waals surface area contributed by atoms with Crippen molar-refractivity contribution in [3.63, 3.8) is 0 Å². The highest BCUT2D eigenvalue weighted by Crippen LogP contribution is 2.36. The Bertz CT molecular complexity index is 719. The van der Waals surface area contributed by atoms with E-state index in [4.69, 9.17) is 0 Å². The Kier molecular flexibility index (Phi) is 7.07. The number of aryl methyl sites for hydroxylation is 1. The third kappa shape index (κ3) is 5.04. The number of hydrogen-bond acceptors (Lipinski definition) is 5. The maximum absolute atomic E-state index is 4.52. The quantitative estimate of drug-likeness (QED) is 0.546. The first-order valence-electron chi connectivity index (χ1n) is 12.1. The van der Waals surface area contributed by atoms with Crippen molar-refractivity contribution in [3.8, 4) is 0 Å². The predicted octanol–water partition coefficient (Wildman–Crippen LogP) is 6.38. The van der Waals surface area contributed by atoms with E-state index >= 15 is 0 Å². The van der Waals surface area contributed by atoms with Crippen molar-refractivity contribution < 1.29 is 0 Å². The molecule has 0 spiro atoms. The number of aromatic nitrogens is 1. The van der Waals surface area contributed by atoms with E-state index < -0.39 is 0 Å². The van der Waals surface area contributed by atoms with Crippen LogP contribution in [0.4, 0.5) is 5.13 Å². The molecule has 2 saturated carbocycles. The Morgan fingerprint density at radius 2 is 1.67 bits per heavy atom. The first kappa shape index (κ1) is 21.7. The molecule has 0 unspecified atom stereocenters. The summed E-state index contributed by atoms with van der Waals surface area (Å²) in [5.74, 6) is 2.65. The van der Waals surface area contributed by atoms with Gasteiger partial charge in [-0.05, 0) is 70.1 Å². The van der Waals surface area contributed by atoms with Gasteiger partial charge in [0.25, 0.3) is 0 Å². The molecule has 4 nitrogen and oxygen atoms in total. The zero-order chi connectivity index (χ0) is 21.1. The van der Waals surface area contributed by atoms with E-state index in [0.717, 1.165) is 35.9 Å². The van der Waals surface area contributed by atoms with Crippen molar-refractivity contribution in [2.45, 2.75) is 90.1 Å². The smallest absolute Gasteiger partial charge is 0.188 e. The molecule has 4 rings (SSSR count). The SMILES string of the molecule is C=C(C1CCCC1)N1CCC(N(C(=C)Nc2ncc(C)s2)C2CCC(C)CC2)CC1. The summed E-state index contributed by atoms with van der Waals surface area (Å²) in [6, 6.07) is 1.17. The number of hydrogen-bond donors (Lipinski definition) is 1. The summed E-state index contributed by atoms with van der Waals surface area (Å²) in [6.45, 7) is 15.8. The summed E-state index contributed by atoms with van der Waals surface area (Å²) >= 11 is 1.72. The Morgan fingerprint density at radius 3 is 2.27 bits per heavy atom. The topological polar surface area (TPSA) is 31.4 Å². The number of allylic oxidation sites excluding steroid dienone is 1. The normalized spacial score (nSPS) is 26.0. The minimum absolute atomic E-state index is 0.567. The minimum Gasteiger partial charge on any atom is -0.375 e. The molecule has 166 valence electrons. The number of rotatable bonds is 7. The van der Waals surface area contributed by atoms with Gasteiger partial charge >= 0.3 is 0 Å². The van der Waals surface area contributed by atoms with Gasteiger partial charge in [0.1, 0.15) is 5.82 Å². The average molecular weight is 429 g/mol. The zero-order valence-electron chi connectivity index (χ0n) is 19.0. The third-order valence-electron chi connectivity index (χ3n) is 7.65. The largest absolute Gasteiger partial charge is 0.375 e. The molecule has 0 radical (unpaired) electrons. The lowest BCUT2D eigenvalue weighted by atomic mass is 9.85. The monoisotopic (exact) mass is 428 g/mol. The van der Waals surface area contributed by atoms with Crippen LogP contribution in [-0.2, 0) is 0 Å². The summed E-state index contributed by atoms with van der Waals surface area (Å²) in [5.41, 5.74) is 1.42. The summed E-state index contributed by atoms with van der Waals surface area (Å²) < 4.78 is 0. The Labute approximate surface area is 187 Å². The van der Waals surface area contributed by atoms with Crippen LogP contribution in [0.1, 0.15) is 76.0 Å². The highest BCUT2D eigenvalue weighted by molar-refractivity contribution is 7.15. The summed E-state index contributed by atoms with van der Waals surface area (Å²) in [5, 5.41) is 4.53. The van der Waals surface area contributed by atoms with Crippen LogP contribution in [-0.4, -0.2) is 40.0 Å². The van der Waals surface area contributed by atoms with Gasteiger partial charge in [-0.25, -0.2) is 4.98 Å². The summed E-state index contributed by atoms with van der Waals surface area (Å²) in [6.07, 6.45) is 15.1. The van der Waals surface area contributed by atoms with Gasteiger partial charge in [-0.2, -0.15) is 0 Å². The van der Waals surface area contributed by atoms with E-state index in [9.17, 15) is 0 Å². The molecule has 2 heterocycles. The number of nitrogens with zero attached hydrogens (tertiary/aromatic N) is 3. The van der Waals surface area contributed by atoms with E-state index in [1.54, 1.807) is 11.3 Å². The molecule has 1 aromatic heterocycles. The van der Waals surface area contributed by atoms with Crippen LogP contribution < -0.4 is 5.32 Å². The van der Waals surface area contributed by atoms with Crippen LogP contribution in [0.2, 0.25) is 0 Å². The molecule has 0 atom stereocenters. The van der Waals surface area contributed by atoms with Crippen molar-refractivity contribution in [2.24, 2.45) is 11.8 Å². The van der Waals surface area contributed by atoms with Crippen LogP contribution in [0.3, 0.4) is 0 Å². The van der Waals surface area contributed by atoms with E-state index in [1.807, 2.05) is 6.20 Å². The fourth-order valence-electron chi connectivity index (χ4n) is 5.81. The molecule has 0 aromatic carbocycles. The molecule has 0 bridgehead atoms. The lowest BCUT2D eigenvalue weighted by Gasteiger charge is -2.47. The van der Waals surface area contributed by atoms with E-state index in [-0.39, 0.29) is 0 Å². The van der Waals surface area contributed by atoms with Gasteiger partial charge in [0, 0.05) is 41.9 Å². The molecule has 1 aliphatic heterocycles. The van der Waals surface area contributed by atoms with Crippen molar-refractivity contribution in [3.05, 3.63) is 35.7 Å². The highest BCUT2D eigenvalue weighted by atomic mass is 32.1. The second-order valence-corrected chi connectivity index (χ2v) is 11.1. The van der Waals surface area contributed by atoms with Gasteiger partial charge in [-0.1, -0.05) is 32.9 Å². The van der Waals surface area contributed by atoms with Crippen molar-refractivity contribution in [2.75, 3.05) is 18.4 Å². The maximum Gasteiger partial charge on any atom is 0.188 e. The van der Waals surface area contributed by atoms with E-state index in [0.29, 0.717) is 12.1 Å². The summed E-state index contributed by atoms with van der Waals surface area (Å²) in [4.78, 5) is 11.0. The standard InChI is InChI=1S/C25H40N4S/c1-18-9-11-23(12-10-18)29(21(4)27-25-26-17-19(2)30-25)24-13-15-28(16-14-24)20(3)22-7-5-6-8-22/h17-18,22-24H,3-16H2,1-2H3,(H,26,27). The molecule has 2 aliphatic carbocycles. The number of piperidine rings is 1. The zero-order valence-corrected chi connectivity index (χ0v) is 19.9. The highest BCUT2D eigenvalue weighted by Gasteiger charge is 2.34. The van der Waals surface area contributed by atoms with Crippen molar-refractivity contribution >= 4 is 16.5 Å². The Morgan fingerprint density at radius 1 is 1.03 bits per heavy atom. The van der Waals surface area contributed by atoms with Gasteiger partial charge < -0.3 is 15.1 Å². The molecular weight excluding hydrogens is 388 g/mol. The number of likely N-dealkylation sites (tertiary alicyclic amines) is 1.